The number of halogens is 2. The maximum atomic E-state index is 13.6. The Morgan fingerprint density at radius 1 is 1.18 bits per heavy atom. The predicted molar refractivity (Wildman–Crippen MR) is 70.7 cm³/mol. The van der Waals surface area contributed by atoms with Crippen molar-refractivity contribution in [1.29, 1.82) is 0 Å². The number of aryl methyl sites for hydroxylation is 1. The molecule has 2 aromatic rings. The Bertz CT molecular complexity index is 497. The molecule has 1 nitrogen and oxygen atoms in total. The molecular weight excluding hydrogens is 237 g/mol. The van der Waals surface area contributed by atoms with Crippen LogP contribution in [0, 0.1) is 12.7 Å². The van der Waals surface area contributed by atoms with E-state index in [0.717, 1.165) is 5.56 Å². The number of hydrogen-bond donors (Lipinski definition) is 0. The number of pyridine rings is 1. The van der Waals surface area contributed by atoms with E-state index in [2.05, 4.69) is 4.98 Å². The van der Waals surface area contributed by atoms with E-state index in [0.29, 0.717) is 16.3 Å². The SMILES string of the molecule is CC.Cc1cccnc1-c1ccc(Cl)cc1F. The minimum absolute atomic E-state index is 0.343. The highest BCUT2D eigenvalue weighted by molar-refractivity contribution is 6.30. The number of benzene rings is 1. The first-order valence-corrected chi connectivity index (χ1v) is 5.93. The molecule has 0 saturated carbocycles. The van der Waals surface area contributed by atoms with E-state index in [-0.39, 0.29) is 5.82 Å². The van der Waals surface area contributed by atoms with Gasteiger partial charge in [0.05, 0.1) is 5.69 Å². The van der Waals surface area contributed by atoms with Crippen LogP contribution in [0.25, 0.3) is 11.3 Å². The zero-order chi connectivity index (χ0) is 12.8. The summed E-state index contributed by atoms with van der Waals surface area (Å²) in [6, 6.07) is 8.33. The first kappa shape index (κ1) is 13.7. The van der Waals surface area contributed by atoms with Gasteiger partial charge in [0.1, 0.15) is 5.82 Å². The summed E-state index contributed by atoms with van der Waals surface area (Å²) in [6.45, 7) is 5.90. The van der Waals surface area contributed by atoms with E-state index in [1.54, 1.807) is 18.3 Å². The summed E-state index contributed by atoms with van der Waals surface area (Å²) in [5.41, 5.74) is 2.09. The summed E-state index contributed by atoms with van der Waals surface area (Å²) in [6.07, 6.45) is 1.65. The monoisotopic (exact) mass is 251 g/mol. The van der Waals surface area contributed by atoms with Gasteiger partial charge in [-0.25, -0.2) is 4.39 Å². The Balaban J connectivity index is 0.000000686. The van der Waals surface area contributed by atoms with Gasteiger partial charge in [0.2, 0.25) is 0 Å². The molecule has 0 aliphatic heterocycles. The standard InChI is InChI=1S/C12H9ClFN.C2H6/c1-8-3-2-6-15-12(8)10-5-4-9(13)7-11(10)14;1-2/h2-7H,1H3;1-2H3. The molecule has 0 unspecified atom stereocenters. The summed E-state index contributed by atoms with van der Waals surface area (Å²) < 4.78 is 13.6. The molecule has 0 bridgehead atoms. The molecule has 0 N–H and O–H groups in total. The second-order valence-electron chi connectivity index (χ2n) is 3.29. The van der Waals surface area contributed by atoms with E-state index in [1.165, 1.54) is 6.07 Å². The number of nitrogens with zero attached hydrogens (tertiary/aromatic N) is 1. The molecule has 0 aliphatic carbocycles. The van der Waals surface area contributed by atoms with Gasteiger partial charge in [-0.05, 0) is 36.8 Å². The first-order chi connectivity index (χ1) is 8.18. The highest BCUT2D eigenvalue weighted by Gasteiger charge is 2.08. The van der Waals surface area contributed by atoms with Crippen LogP contribution in [0.2, 0.25) is 5.02 Å². The van der Waals surface area contributed by atoms with Crippen LogP contribution in [0.15, 0.2) is 36.5 Å². The summed E-state index contributed by atoms with van der Waals surface area (Å²) in [7, 11) is 0. The molecular formula is C14H15ClFN. The lowest BCUT2D eigenvalue weighted by Gasteiger charge is -2.05. The molecule has 1 aromatic carbocycles. The molecule has 90 valence electrons. The van der Waals surface area contributed by atoms with E-state index in [9.17, 15) is 4.39 Å². The third-order valence-electron chi connectivity index (χ3n) is 2.20. The average Bonchev–Trinajstić information content (AvgIpc) is 2.33. The molecule has 0 radical (unpaired) electrons. The van der Waals surface area contributed by atoms with Gasteiger partial charge in [0.15, 0.2) is 0 Å². The Kier molecular flexibility index (Phi) is 5.11. The molecule has 1 heterocycles. The van der Waals surface area contributed by atoms with Crippen LogP contribution < -0.4 is 0 Å². The fraction of sp³-hybridized carbons (Fsp3) is 0.214. The van der Waals surface area contributed by atoms with Crippen molar-refractivity contribution in [1.82, 2.24) is 4.98 Å². The van der Waals surface area contributed by atoms with Gasteiger partial charge in [-0.1, -0.05) is 31.5 Å². The smallest absolute Gasteiger partial charge is 0.134 e. The summed E-state index contributed by atoms with van der Waals surface area (Å²) >= 11 is 5.68. The van der Waals surface area contributed by atoms with Crippen molar-refractivity contribution in [3.8, 4) is 11.3 Å². The highest BCUT2D eigenvalue weighted by Crippen LogP contribution is 2.25. The number of aromatic nitrogens is 1. The molecule has 17 heavy (non-hydrogen) atoms. The van der Waals surface area contributed by atoms with Crippen molar-refractivity contribution < 1.29 is 4.39 Å². The zero-order valence-corrected chi connectivity index (χ0v) is 10.9. The van der Waals surface area contributed by atoms with Crippen molar-refractivity contribution in [2.75, 3.05) is 0 Å². The normalized spacial score (nSPS) is 9.47. The van der Waals surface area contributed by atoms with Crippen molar-refractivity contribution in [3.05, 3.63) is 52.9 Å². The Morgan fingerprint density at radius 3 is 2.47 bits per heavy atom. The maximum Gasteiger partial charge on any atom is 0.134 e. The maximum absolute atomic E-state index is 13.6. The summed E-state index contributed by atoms with van der Waals surface area (Å²) in [5, 5.41) is 0.393. The van der Waals surface area contributed by atoms with Gasteiger partial charge in [-0.2, -0.15) is 0 Å². The second kappa shape index (κ2) is 6.36. The second-order valence-corrected chi connectivity index (χ2v) is 3.73. The van der Waals surface area contributed by atoms with Gasteiger partial charge < -0.3 is 0 Å². The van der Waals surface area contributed by atoms with Gasteiger partial charge >= 0.3 is 0 Å². The van der Waals surface area contributed by atoms with Crippen LogP contribution in [-0.2, 0) is 0 Å². The molecule has 2 rings (SSSR count). The van der Waals surface area contributed by atoms with Gasteiger partial charge in [-0.15, -0.1) is 0 Å². The largest absolute Gasteiger partial charge is 0.256 e. The van der Waals surface area contributed by atoms with Crippen molar-refractivity contribution in [2.24, 2.45) is 0 Å². The molecule has 3 heteroatoms. The third kappa shape index (κ3) is 3.27. The quantitative estimate of drug-likeness (QED) is 0.704. The first-order valence-electron chi connectivity index (χ1n) is 5.55. The topological polar surface area (TPSA) is 12.9 Å². The molecule has 0 atom stereocenters. The Labute approximate surface area is 106 Å². The van der Waals surface area contributed by atoms with Gasteiger partial charge in [-0.3, -0.25) is 4.98 Å². The Hall–Kier alpha value is -1.41. The fourth-order valence-corrected chi connectivity index (χ4v) is 1.61. The van der Waals surface area contributed by atoms with Crippen molar-refractivity contribution in [3.63, 3.8) is 0 Å². The third-order valence-corrected chi connectivity index (χ3v) is 2.43. The average molecular weight is 252 g/mol. The molecule has 1 aromatic heterocycles. The van der Waals surface area contributed by atoms with Crippen LogP contribution in [0.1, 0.15) is 19.4 Å². The van der Waals surface area contributed by atoms with Crippen LogP contribution in [0.3, 0.4) is 0 Å². The molecule has 0 aliphatic rings. The van der Waals surface area contributed by atoms with Crippen molar-refractivity contribution in [2.45, 2.75) is 20.8 Å². The summed E-state index contributed by atoms with van der Waals surface area (Å²) in [5.74, 6) is -0.343. The lowest BCUT2D eigenvalue weighted by atomic mass is 10.1. The minimum Gasteiger partial charge on any atom is -0.256 e. The zero-order valence-electron chi connectivity index (χ0n) is 10.2. The van der Waals surface area contributed by atoms with Gasteiger partial charge in [0.25, 0.3) is 0 Å². The lowest BCUT2D eigenvalue weighted by molar-refractivity contribution is 0.630. The molecule has 0 amide bonds. The fourth-order valence-electron chi connectivity index (χ4n) is 1.45. The predicted octanol–water partition coefficient (Wildman–Crippen LogP) is 4.88. The lowest BCUT2D eigenvalue weighted by Crippen LogP contribution is -1.90. The van der Waals surface area contributed by atoms with Crippen LogP contribution >= 0.6 is 11.6 Å². The van der Waals surface area contributed by atoms with Crippen LogP contribution in [-0.4, -0.2) is 4.98 Å². The minimum atomic E-state index is -0.343. The van der Waals surface area contributed by atoms with Gasteiger partial charge in [0, 0.05) is 16.8 Å². The number of rotatable bonds is 1. The van der Waals surface area contributed by atoms with Crippen LogP contribution in [0.4, 0.5) is 4.39 Å². The molecule has 0 fully saturated rings. The molecule has 0 saturated heterocycles. The van der Waals surface area contributed by atoms with E-state index >= 15 is 0 Å². The highest BCUT2D eigenvalue weighted by atomic mass is 35.5. The van der Waals surface area contributed by atoms with E-state index in [4.69, 9.17) is 11.6 Å². The summed E-state index contributed by atoms with van der Waals surface area (Å²) in [4.78, 5) is 4.16. The number of hydrogen-bond acceptors (Lipinski definition) is 1. The molecule has 0 spiro atoms. The van der Waals surface area contributed by atoms with Crippen molar-refractivity contribution >= 4 is 11.6 Å². The Morgan fingerprint density at radius 2 is 1.88 bits per heavy atom. The van der Waals surface area contributed by atoms with E-state index in [1.807, 2.05) is 32.9 Å². The van der Waals surface area contributed by atoms with E-state index < -0.39 is 0 Å². The van der Waals surface area contributed by atoms with Crippen LogP contribution in [0.5, 0.6) is 0 Å².